The molecule has 7 rings (SSSR count). The molecule has 0 bridgehead atoms. The zero-order valence-corrected chi connectivity index (χ0v) is 25.1. The molecule has 4 aromatic carbocycles. The van der Waals surface area contributed by atoms with Crippen LogP contribution >= 0.6 is 0 Å². The topological polar surface area (TPSA) is 59.6 Å². The highest BCUT2D eigenvalue weighted by Gasteiger charge is 2.56. The highest BCUT2D eigenvalue weighted by Crippen LogP contribution is 2.59. The Hall–Kier alpha value is -4.25. The largest absolute Gasteiger partial charge is 0.456 e. The van der Waals surface area contributed by atoms with Crippen LogP contribution in [0.5, 0.6) is 11.5 Å². The fourth-order valence-electron chi connectivity index (χ4n) is 7.49. The van der Waals surface area contributed by atoms with Crippen LogP contribution in [0, 0.1) is 12.8 Å². The molecule has 1 aliphatic carbocycles. The van der Waals surface area contributed by atoms with Gasteiger partial charge in [0.05, 0.1) is 11.3 Å². The second-order valence-electron chi connectivity index (χ2n) is 12.4. The van der Waals surface area contributed by atoms with Crippen LogP contribution in [0.2, 0.25) is 0 Å². The molecule has 1 fully saturated rings. The molecule has 2 aliphatic heterocycles. The summed E-state index contributed by atoms with van der Waals surface area (Å²) in [6.07, 6.45) is 9.93. The minimum atomic E-state index is -1.15. The predicted octanol–water partition coefficient (Wildman–Crippen LogP) is 9.86. The summed E-state index contributed by atoms with van der Waals surface area (Å²) in [6, 6.07) is 28.5. The second-order valence-corrected chi connectivity index (χ2v) is 12.4. The monoisotopic (exact) mass is 572 g/mol. The minimum absolute atomic E-state index is 0.310. The predicted molar refractivity (Wildman–Crippen MR) is 173 cm³/mol. The van der Waals surface area contributed by atoms with E-state index in [1.165, 1.54) is 38.5 Å². The van der Waals surface area contributed by atoms with Crippen molar-refractivity contribution in [2.24, 2.45) is 5.92 Å². The summed E-state index contributed by atoms with van der Waals surface area (Å²) in [5.41, 5.74) is 5.76. The molecule has 5 nitrogen and oxygen atoms in total. The van der Waals surface area contributed by atoms with Gasteiger partial charge in [0.2, 0.25) is 0 Å². The molecule has 0 amide bonds. The van der Waals surface area contributed by atoms with Crippen molar-refractivity contribution in [3.63, 3.8) is 0 Å². The van der Waals surface area contributed by atoms with Crippen LogP contribution in [0.25, 0.3) is 0 Å². The molecule has 2 heterocycles. The second kappa shape index (κ2) is 11.4. The molecular weight excluding hydrogens is 532 g/mol. The lowest BCUT2D eigenvalue weighted by molar-refractivity contribution is 0.0226. The molecule has 5 heteroatoms. The number of carbonyl (C=O) groups is 1. The number of unbranched alkanes of at least 4 members (excludes halogenated alkanes) is 2. The van der Waals surface area contributed by atoms with Crippen molar-refractivity contribution in [3.05, 3.63) is 113 Å². The molecule has 2 atom stereocenters. The first-order valence-corrected chi connectivity index (χ1v) is 16.0. The Morgan fingerprint density at radius 3 is 2.30 bits per heavy atom. The maximum Gasteiger partial charge on any atom is 0.342 e. The number of esters is 1. The molecular formula is C38H40N2O3. The molecule has 0 aromatic heterocycles. The number of carbonyl (C=O) groups excluding carboxylic acids is 1. The molecule has 43 heavy (non-hydrogen) atoms. The van der Waals surface area contributed by atoms with E-state index in [9.17, 15) is 4.79 Å². The van der Waals surface area contributed by atoms with Crippen molar-refractivity contribution in [3.8, 4) is 11.5 Å². The number of fused-ring (bicyclic) bond motifs is 6. The highest BCUT2D eigenvalue weighted by atomic mass is 16.6. The number of nitrogens with one attached hydrogen (secondary N) is 2. The van der Waals surface area contributed by atoms with E-state index in [4.69, 9.17) is 9.47 Å². The van der Waals surface area contributed by atoms with Crippen LogP contribution < -0.4 is 15.4 Å². The first kappa shape index (κ1) is 27.6. The Bertz CT molecular complexity index is 1600. The highest BCUT2D eigenvalue weighted by molar-refractivity contribution is 6.05. The van der Waals surface area contributed by atoms with Gasteiger partial charge in [0, 0.05) is 34.1 Å². The van der Waals surface area contributed by atoms with E-state index in [-0.39, 0.29) is 5.97 Å². The number of rotatable bonds is 8. The Labute approximate surface area is 254 Å². The number of hydrogen-bond acceptors (Lipinski definition) is 5. The van der Waals surface area contributed by atoms with Gasteiger partial charge in [0.25, 0.3) is 0 Å². The molecule has 1 spiro atoms. The third-order valence-electron chi connectivity index (χ3n) is 9.48. The molecule has 2 unspecified atom stereocenters. The number of anilines is 3. The molecule has 220 valence electrons. The van der Waals surface area contributed by atoms with Gasteiger partial charge in [0.1, 0.15) is 11.5 Å². The summed E-state index contributed by atoms with van der Waals surface area (Å²) in [5.74, 6) is 1.82. The zero-order chi connectivity index (χ0) is 29.4. The van der Waals surface area contributed by atoms with Gasteiger partial charge in [-0.2, -0.15) is 0 Å². The quantitative estimate of drug-likeness (QED) is 0.163. The van der Waals surface area contributed by atoms with Crippen LogP contribution in [-0.2, 0) is 10.3 Å². The van der Waals surface area contributed by atoms with Crippen LogP contribution in [0.4, 0.5) is 17.1 Å². The fourth-order valence-corrected chi connectivity index (χ4v) is 7.49. The van der Waals surface area contributed by atoms with Crippen molar-refractivity contribution >= 4 is 23.0 Å². The molecule has 0 saturated heterocycles. The molecule has 4 aromatic rings. The summed E-state index contributed by atoms with van der Waals surface area (Å²) in [5, 5.41) is 7.57. The number of para-hydroxylation sites is 3. The molecule has 2 N–H and O–H groups in total. The Morgan fingerprint density at radius 2 is 1.58 bits per heavy atom. The maximum atomic E-state index is 14.2. The van der Waals surface area contributed by atoms with Crippen molar-refractivity contribution in [1.82, 2.24) is 0 Å². The van der Waals surface area contributed by atoms with Crippen molar-refractivity contribution < 1.29 is 14.3 Å². The van der Waals surface area contributed by atoms with Gasteiger partial charge in [-0.3, -0.25) is 0 Å². The van der Waals surface area contributed by atoms with Gasteiger partial charge in [-0.05, 0) is 61.6 Å². The zero-order valence-electron chi connectivity index (χ0n) is 25.1. The molecule has 0 radical (unpaired) electrons. The normalized spacial score (nSPS) is 19.5. The lowest BCUT2D eigenvalue weighted by Crippen LogP contribution is -2.33. The first-order chi connectivity index (χ1) is 21.1. The van der Waals surface area contributed by atoms with Gasteiger partial charge in [-0.1, -0.05) is 100 Å². The van der Waals surface area contributed by atoms with Crippen LogP contribution in [0.3, 0.4) is 0 Å². The average molecular weight is 573 g/mol. The van der Waals surface area contributed by atoms with E-state index in [0.717, 1.165) is 58.1 Å². The SMILES string of the molecule is CCCCCC1CCCC(Nc2cc(C)c(Nc3ccccc3)c3c2C(=O)OC32c3ccccc3Oc3ccccc32)C1. The van der Waals surface area contributed by atoms with E-state index in [1.807, 2.05) is 66.7 Å². The Balaban J connectivity index is 1.39. The maximum absolute atomic E-state index is 14.2. The van der Waals surface area contributed by atoms with Crippen molar-refractivity contribution in [2.75, 3.05) is 10.6 Å². The number of hydrogen-bond donors (Lipinski definition) is 2. The Kier molecular flexibility index (Phi) is 7.34. The summed E-state index contributed by atoms with van der Waals surface area (Å²) in [7, 11) is 0. The van der Waals surface area contributed by atoms with Gasteiger partial charge < -0.3 is 20.1 Å². The van der Waals surface area contributed by atoms with Gasteiger partial charge in [-0.15, -0.1) is 0 Å². The Morgan fingerprint density at radius 1 is 0.884 bits per heavy atom. The van der Waals surface area contributed by atoms with Crippen LogP contribution in [0.15, 0.2) is 84.9 Å². The van der Waals surface area contributed by atoms with E-state index in [0.29, 0.717) is 23.1 Å². The van der Waals surface area contributed by atoms with Crippen molar-refractivity contribution in [2.45, 2.75) is 76.9 Å². The molecule has 3 aliphatic rings. The minimum Gasteiger partial charge on any atom is -0.456 e. The molecule has 1 saturated carbocycles. The lowest BCUT2D eigenvalue weighted by Gasteiger charge is -2.37. The third-order valence-corrected chi connectivity index (χ3v) is 9.48. The van der Waals surface area contributed by atoms with Gasteiger partial charge >= 0.3 is 5.97 Å². The van der Waals surface area contributed by atoms with Crippen LogP contribution in [0.1, 0.15) is 90.9 Å². The smallest absolute Gasteiger partial charge is 0.342 e. The number of aryl methyl sites for hydroxylation is 1. The standard InChI is InChI=1S/C38H40N2O3/c1-3-4-6-14-26-15-13-18-28(24-26)39-31-23-25(2)36(40-27-16-7-5-8-17-27)35-34(31)37(41)43-38(35)29-19-9-11-21-32(29)42-33-22-12-10-20-30(33)38/h5,7-12,16-17,19-23,26,28,39-40H,3-4,6,13-15,18,24H2,1-2H3. The van der Waals surface area contributed by atoms with E-state index < -0.39 is 5.60 Å². The number of benzene rings is 4. The van der Waals surface area contributed by atoms with Crippen LogP contribution in [-0.4, -0.2) is 12.0 Å². The first-order valence-electron chi connectivity index (χ1n) is 16.0. The fraction of sp³-hybridized carbons (Fsp3) is 0.342. The van der Waals surface area contributed by atoms with Gasteiger partial charge in [-0.25, -0.2) is 4.79 Å². The lowest BCUT2D eigenvalue weighted by atomic mass is 9.76. The van der Waals surface area contributed by atoms with Crippen molar-refractivity contribution in [1.29, 1.82) is 0 Å². The van der Waals surface area contributed by atoms with Gasteiger partial charge in [0.15, 0.2) is 5.60 Å². The average Bonchev–Trinajstić information content (AvgIpc) is 3.33. The third kappa shape index (κ3) is 4.85. The summed E-state index contributed by atoms with van der Waals surface area (Å²) in [4.78, 5) is 14.2. The van der Waals surface area contributed by atoms with E-state index in [2.05, 4.69) is 42.7 Å². The summed E-state index contributed by atoms with van der Waals surface area (Å²) < 4.78 is 13.0. The summed E-state index contributed by atoms with van der Waals surface area (Å²) in [6.45, 7) is 4.39. The van der Waals surface area contributed by atoms with E-state index >= 15 is 0 Å². The number of ether oxygens (including phenoxy) is 2. The van der Waals surface area contributed by atoms with E-state index in [1.54, 1.807) is 0 Å². The summed E-state index contributed by atoms with van der Waals surface area (Å²) >= 11 is 0.